The Morgan fingerprint density at radius 1 is 0.955 bits per heavy atom. The second-order valence-electron chi connectivity index (χ2n) is 5.54. The Morgan fingerprint density at radius 3 is 2.50 bits per heavy atom. The van der Waals surface area contributed by atoms with Crippen LogP contribution in [0.5, 0.6) is 0 Å². The third kappa shape index (κ3) is 2.93. The summed E-state index contributed by atoms with van der Waals surface area (Å²) in [6, 6.07) is 11.5. The summed E-state index contributed by atoms with van der Waals surface area (Å²) in [5, 5.41) is 1.03. The third-order valence-corrected chi connectivity index (χ3v) is 4.05. The zero-order valence-corrected chi connectivity index (χ0v) is 12.7. The fourth-order valence-corrected chi connectivity index (χ4v) is 2.78. The fraction of sp³-hybridized carbons (Fsp3) is 0.353. The van der Waals surface area contributed by atoms with Crippen LogP contribution in [0.25, 0.3) is 10.9 Å². The number of hydrogen-bond donors (Lipinski definition) is 0. The first-order valence-corrected chi connectivity index (χ1v) is 7.56. The molecule has 22 heavy (non-hydrogen) atoms. The highest BCUT2D eigenvalue weighted by Gasteiger charge is 2.22. The van der Waals surface area contributed by atoms with Crippen LogP contribution < -0.4 is 0 Å². The van der Waals surface area contributed by atoms with Gasteiger partial charge in [0, 0.05) is 38.5 Å². The van der Waals surface area contributed by atoms with Gasteiger partial charge in [0.25, 0.3) is 5.91 Å². The highest BCUT2D eigenvalue weighted by Crippen LogP contribution is 2.14. The van der Waals surface area contributed by atoms with E-state index in [9.17, 15) is 9.59 Å². The van der Waals surface area contributed by atoms with E-state index in [4.69, 9.17) is 0 Å². The molecule has 1 aromatic heterocycles. The van der Waals surface area contributed by atoms with E-state index >= 15 is 0 Å². The minimum atomic E-state index is -0.0591. The minimum absolute atomic E-state index is 0.0591. The van der Waals surface area contributed by atoms with Crippen LogP contribution in [-0.4, -0.2) is 52.8 Å². The van der Waals surface area contributed by atoms with E-state index in [2.05, 4.69) is 4.98 Å². The summed E-state index contributed by atoms with van der Waals surface area (Å²) in [6.45, 7) is 4.10. The van der Waals surface area contributed by atoms with Crippen LogP contribution in [0.1, 0.15) is 23.8 Å². The highest BCUT2D eigenvalue weighted by atomic mass is 16.2. The van der Waals surface area contributed by atoms with E-state index in [1.165, 1.54) is 0 Å². The number of nitrogens with zero attached hydrogens (tertiary/aromatic N) is 3. The van der Waals surface area contributed by atoms with Crippen LogP contribution >= 0.6 is 0 Å². The van der Waals surface area contributed by atoms with Gasteiger partial charge >= 0.3 is 0 Å². The molecule has 2 heterocycles. The topological polar surface area (TPSA) is 53.5 Å². The fourth-order valence-electron chi connectivity index (χ4n) is 2.78. The molecule has 0 spiro atoms. The van der Waals surface area contributed by atoms with Gasteiger partial charge in [0.05, 0.1) is 5.52 Å². The summed E-state index contributed by atoms with van der Waals surface area (Å²) in [5.74, 6) is 0.00860. The number of carbonyl (C=O) groups excluding carboxylic acids is 2. The number of rotatable bonds is 1. The van der Waals surface area contributed by atoms with Gasteiger partial charge in [-0.25, -0.2) is 4.98 Å². The summed E-state index contributed by atoms with van der Waals surface area (Å²) < 4.78 is 0. The monoisotopic (exact) mass is 297 g/mol. The van der Waals surface area contributed by atoms with Gasteiger partial charge in [-0.2, -0.15) is 0 Å². The number of pyridine rings is 1. The smallest absolute Gasteiger partial charge is 0.272 e. The molecule has 0 bridgehead atoms. The maximum Gasteiger partial charge on any atom is 0.272 e. The van der Waals surface area contributed by atoms with Gasteiger partial charge in [-0.1, -0.05) is 24.3 Å². The molecule has 0 saturated carbocycles. The third-order valence-electron chi connectivity index (χ3n) is 4.05. The van der Waals surface area contributed by atoms with E-state index < -0.39 is 0 Å². The lowest BCUT2D eigenvalue weighted by Crippen LogP contribution is -2.36. The van der Waals surface area contributed by atoms with Gasteiger partial charge < -0.3 is 9.80 Å². The van der Waals surface area contributed by atoms with E-state index in [1.54, 1.807) is 22.8 Å². The van der Waals surface area contributed by atoms with Crippen molar-refractivity contribution >= 4 is 22.7 Å². The normalized spacial score (nSPS) is 15.7. The molecule has 3 rings (SSSR count). The molecule has 0 unspecified atom stereocenters. The van der Waals surface area contributed by atoms with Crippen molar-refractivity contribution in [2.24, 2.45) is 0 Å². The zero-order valence-electron chi connectivity index (χ0n) is 12.7. The van der Waals surface area contributed by atoms with E-state index in [-0.39, 0.29) is 11.8 Å². The number of benzene rings is 1. The van der Waals surface area contributed by atoms with Crippen LogP contribution in [0.15, 0.2) is 36.4 Å². The Kier molecular flexibility index (Phi) is 4.04. The molecular formula is C17H19N3O2. The van der Waals surface area contributed by atoms with Crippen LogP contribution in [0.3, 0.4) is 0 Å². The number of carbonyl (C=O) groups is 2. The van der Waals surface area contributed by atoms with Gasteiger partial charge in [0.1, 0.15) is 5.69 Å². The Morgan fingerprint density at radius 2 is 1.68 bits per heavy atom. The van der Waals surface area contributed by atoms with Crippen molar-refractivity contribution in [2.75, 3.05) is 26.2 Å². The molecule has 0 aliphatic carbocycles. The predicted octanol–water partition coefficient (Wildman–Crippen LogP) is 1.93. The molecule has 2 amide bonds. The van der Waals surface area contributed by atoms with E-state index in [1.807, 2.05) is 30.3 Å². The summed E-state index contributed by atoms with van der Waals surface area (Å²) in [5.41, 5.74) is 1.29. The van der Waals surface area contributed by atoms with Crippen molar-refractivity contribution in [3.8, 4) is 0 Å². The molecule has 1 fully saturated rings. The lowest BCUT2D eigenvalue weighted by Gasteiger charge is -2.21. The molecule has 0 atom stereocenters. The quantitative estimate of drug-likeness (QED) is 0.808. The highest BCUT2D eigenvalue weighted by molar-refractivity contribution is 5.95. The molecule has 0 radical (unpaired) electrons. The lowest BCUT2D eigenvalue weighted by molar-refractivity contribution is -0.128. The Labute approximate surface area is 129 Å². The largest absolute Gasteiger partial charge is 0.341 e. The standard InChI is InChI=1S/C17H19N3O2/c1-13(21)19-9-4-10-20(12-11-19)17(22)16-8-7-14-5-2-3-6-15(14)18-16/h2-3,5-8H,4,9-12H2,1H3. The number of amides is 2. The van der Waals surface area contributed by atoms with Crippen LogP contribution in [0.2, 0.25) is 0 Å². The van der Waals surface area contributed by atoms with Crippen molar-refractivity contribution in [3.05, 3.63) is 42.1 Å². The van der Waals surface area contributed by atoms with Gasteiger partial charge in [-0.05, 0) is 18.6 Å². The molecule has 1 aromatic carbocycles. The van der Waals surface area contributed by atoms with E-state index in [0.29, 0.717) is 31.9 Å². The van der Waals surface area contributed by atoms with Gasteiger partial charge in [0.15, 0.2) is 0 Å². The van der Waals surface area contributed by atoms with Crippen molar-refractivity contribution in [1.29, 1.82) is 0 Å². The number of aromatic nitrogens is 1. The molecular weight excluding hydrogens is 278 g/mol. The van der Waals surface area contributed by atoms with E-state index in [0.717, 1.165) is 17.3 Å². The number of para-hydroxylation sites is 1. The second kappa shape index (κ2) is 6.13. The molecule has 1 aliphatic heterocycles. The predicted molar refractivity (Wildman–Crippen MR) is 84.5 cm³/mol. The van der Waals surface area contributed by atoms with Crippen molar-refractivity contribution in [1.82, 2.24) is 14.8 Å². The first kappa shape index (κ1) is 14.5. The molecule has 1 aliphatic rings. The first-order chi connectivity index (χ1) is 10.6. The average Bonchev–Trinajstić information content (AvgIpc) is 2.80. The minimum Gasteiger partial charge on any atom is -0.341 e. The second-order valence-corrected chi connectivity index (χ2v) is 5.54. The summed E-state index contributed by atoms with van der Waals surface area (Å²) in [7, 11) is 0. The van der Waals surface area contributed by atoms with Gasteiger partial charge in [-0.3, -0.25) is 9.59 Å². The average molecular weight is 297 g/mol. The summed E-state index contributed by atoms with van der Waals surface area (Å²) in [6.07, 6.45) is 0.804. The first-order valence-electron chi connectivity index (χ1n) is 7.56. The Bertz CT molecular complexity index is 714. The molecule has 0 N–H and O–H groups in total. The summed E-state index contributed by atoms with van der Waals surface area (Å²) >= 11 is 0. The van der Waals surface area contributed by atoms with Crippen LogP contribution in [0.4, 0.5) is 0 Å². The Balaban J connectivity index is 1.78. The number of hydrogen-bond acceptors (Lipinski definition) is 3. The lowest BCUT2D eigenvalue weighted by atomic mass is 10.2. The molecule has 5 nitrogen and oxygen atoms in total. The maximum absolute atomic E-state index is 12.6. The van der Waals surface area contributed by atoms with Gasteiger partial charge in [0.2, 0.25) is 5.91 Å². The molecule has 114 valence electrons. The zero-order chi connectivity index (χ0) is 15.5. The molecule has 1 saturated heterocycles. The van der Waals surface area contributed by atoms with Crippen molar-refractivity contribution < 1.29 is 9.59 Å². The van der Waals surface area contributed by atoms with Crippen molar-refractivity contribution in [2.45, 2.75) is 13.3 Å². The summed E-state index contributed by atoms with van der Waals surface area (Å²) in [4.78, 5) is 32.1. The maximum atomic E-state index is 12.6. The van der Waals surface area contributed by atoms with Crippen LogP contribution in [-0.2, 0) is 4.79 Å². The SMILES string of the molecule is CC(=O)N1CCCN(C(=O)c2ccc3ccccc3n2)CC1. The van der Waals surface area contributed by atoms with Crippen LogP contribution in [0, 0.1) is 0 Å². The Hall–Kier alpha value is -2.43. The molecule has 5 heteroatoms. The van der Waals surface area contributed by atoms with Crippen molar-refractivity contribution in [3.63, 3.8) is 0 Å². The number of fused-ring (bicyclic) bond motifs is 1. The van der Waals surface area contributed by atoms with Gasteiger partial charge in [-0.15, -0.1) is 0 Å². The molecule has 2 aromatic rings.